The van der Waals surface area contributed by atoms with Crippen LogP contribution in [0.5, 0.6) is 0 Å². The maximum Gasteiger partial charge on any atom is 0.242 e. The van der Waals surface area contributed by atoms with E-state index in [9.17, 15) is 4.79 Å². The van der Waals surface area contributed by atoms with Crippen LogP contribution in [0.3, 0.4) is 0 Å². The van der Waals surface area contributed by atoms with Gasteiger partial charge in [0.05, 0.1) is 5.54 Å². The maximum absolute atomic E-state index is 12.1. The Kier molecular flexibility index (Phi) is 4.11. The van der Waals surface area contributed by atoms with Crippen molar-refractivity contribution in [2.45, 2.75) is 38.6 Å². The summed E-state index contributed by atoms with van der Waals surface area (Å²) in [7, 11) is 0. The summed E-state index contributed by atoms with van der Waals surface area (Å²) in [6.45, 7) is 5.46. The molecule has 1 unspecified atom stereocenters. The van der Waals surface area contributed by atoms with Gasteiger partial charge >= 0.3 is 0 Å². The second-order valence-corrected chi connectivity index (χ2v) is 4.45. The van der Waals surface area contributed by atoms with Crippen molar-refractivity contribution in [2.75, 3.05) is 19.7 Å². The molecular formula is C11H22N2O2. The molecule has 1 heterocycles. The number of likely N-dealkylation sites (tertiary alicyclic amines) is 1. The van der Waals surface area contributed by atoms with E-state index in [1.165, 1.54) is 0 Å². The van der Waals surface area contributed by atoms with E-state index in [4.69, 9.17) is 10.8 Å². The van der Waals surface area contributed by atoms with E-state index in [-0.39, 0.29) is 18.4 Å². The van der Waals surface area contributed by atoms with Crippen molar-refractivity contribution in [1.82, 2.24) is 4.90 Å². The van der Waals surface area contributed by atoms with E-state index in [1.807, 2.05) is 13.8 Å². The molecule has 0 bridgehead atoms. The molecule has 1 fully saturated rings. The van der Waals surface area contributed by atoms with Crippen molar-refractivity contribution < 1.29 is 9.90 Å². The second kappa shape index (κ2) is 4.94. The molecule has 0 aromatic heterocycles. The average molecular weight is 214 g/mol. The Labute approximate surface area is 91.4 Å². The predicted molar refractivity (Wildman–Crippen MR) is 59.3 cm³/mol. The fourth-order valence-electron chi connectivity index (χ4n) is 2.03. The minimum atomic E-state index is -0.704. The number of hydrogen-bond donors (Lipinski definition) is 2. The van der Waals surface area contributed by atoms with Gasteiger partial charge in [0.25, 0.3) is 0 Å². The second-order valence-electron chi connectivity index (χ2n) is 4.45. The van der Waals surface area contributed by atoms with Gasteiger partial charge in [0, 0.05) is 25.6 Å². The van der Waals surface area contributed by atoms with E-state index < -0.39 is 5.54 Å². The molecule has 4 heteroatoms. The summed E-state index contributed by atoms with van der Waals surface area (Å²) in [4.78, 5) is 13.9. The molecule has 0 aliphatic carbocycles. The van der Waals surface area contributed by atoms with Gasteiger partial charge in [0.2, 0.25) is 5.91 Å². The van der Waals surface area contributed by atoms with Gasteiger partial charge in [-0.2, -0.15) is 0 Å². The first kappa shape index (κ1) is 12.5. The molecular weight excluding hydrogens is 192 g/mol. The lowest BCUT2D eigenvalue weighted by Crippen LogP contribution is -2.54. The van der Waals surface area contributed by atoms with Crippen LogP contribution in [0.1, 0.15) is 33.1 Å². The molecule has 1 aliphatic heterocycles. The van der Waals surface area contributed by atoms with Gasteiger partial charge in [-0.05, 0) is 19.3 Å². The van der Waals surface area contributed by atoms with Crippen LogP contribution in [-0.2, 0) is 4.79 Å². The van der Waals surface area contributed by atoms with Crippen LogP contribution in [-0.4, -0.2) is 41.1 Å². The molecule has 1 atom stereocenters. The molecule has 1 aliphatic rings. The number of carbonyl (C=O) groups is 1. The third kappa shape index (κ3) is 2.49. The quantitative estimate of drug-likeness (QED) is 0.709. The van der Waals surface area contributed by atoms with Crippen LogP contribution in [0, 0.1) is 5.92 Å². The van der Waals surface area contributed by atoms with Gasteiger partial charge in [0.15, 0.2) is 0 Å². The first-order valence-corrected chi connectivity index (χ1v) is 5.76. The minimum Gasteiger partial charge on any atom is -0.396 e. The molecule has 0 saturated carbocycles. The molecule has 1 amide bonds. The molecule has 15 heavy (non-hydrogen) atoms. The van der Waals surface area contributed by atoms with E-state index >= 15 is 0 Å². The van der Waals surface area contributed by atoms with Crippen LogP contribution >= 0.6 is 0 Å². The Morgan fingerprint density at radius 2 is 2.13 bits per heavy atom. The Balaban J connectivity index is 2.61. The summed E-state index contributed by atoms with van der Waals surface area (Å²) in [6.07, 6.45) is 2.23. The summed E-state index contributed by atoms with van der Waals surface area (Å²) < 4.78 is 0. The van der Waals surface area contributed by atoms with Gasteiger partial charge in [-0.15, -0.1) is 0 Å². The highest BCUT2D eigenvalue weighted by atomic mass is 16.3. The first-order valence-electron chi connectivity index (χ1n) is 5.76. The predicted octanol–water partition coefficient (Wildman–Crippen LogP) is 0.345. The monoisotopic (exact) mass is 214 g/mol. The van der Waals surface area contributed by atoms with Crippen molar-refractivity contribution >= 4 is 5.91 Å². The van der Waals surface area contributed by atoms with Crippen molar-refractivity contribution in [1.29, 1.82) is 0 Å². The van der Waals surface area contributed by atoms with Gasteiger partial charge < -0.3 is 15.7 Å². The molecule has 0 radical (unpaired) electrons. The summed E-state index contributed by atoms with van der Waals surface area (Å²) >= 11 is 0. The molecule has 1 saturated heterocycles. The Morgan fingerprint density at radius 1 is 1.53 bits per heavy atom. The van der Waals surface area contributed by atoms with Crippen LogP contribution in [0.4, 0.5) is 0 Å². The van der Waals surface area contributed by atoms with E-state index in [0.29, 0.717) is 19.4 Å². The standard InChI is InChI=1S/C11H22N2O2/c1-3-11(12,4-2)10(15)13-6-5-9(7-13)8-14/h9,14H,3-8,12H2,1-2H3. The third-order valence-electron chi connectivity index (χ3n) is 3.52. The fourth-order valence-corrected chi connectivity index (χ4v) is 2.03. The van der Waals surface area contributed by atoms with Crippen molar-refractivity contribution in [3.8, 4) is 0 Å². The lowest BCUT2D eigenvalue weighted by molar-refractivity contribution is -0.136. The number of nitrogens with zero attached hydrogens (tertiary/aromatic N) is 1. The summed E-state index contributed by atoms with van der Waals surface area (Å²) in [5, 5.41) is 9.01. The van der Waals surface area contributed by atoms with Gasteiger partial charge in [-0.1, -0.05) is 13.8 Å². The number of hydrogen-bond acceptors (Lipinski definition) is 3. The van der Waals surface area contributed by atoms with Gasteiger partial charge in [0.1, 0.15) is 0 Å². The smallest absolute Gasteiger partial charge is 0.242 e. The molecule has 3 N–H and O–H groups in total. The molecule has 0 aromatic rings. The van der Waals surface area contributed by atoms with Crippen LogP contribution < -0.4 is 5.73 Å². The summed E-state index contributed by atoms with van der Waals surface area (Å²) in [6, 6.07) is 0. The minimum absolute atomic E-state index is 0.0449. The number of aliphatic hydroxyl groups excluding tert-OH is 1. The lowest BCUT2D eigenvalue weighted by atomic mass is 9.92. The fraction of sp³-hybridized carbons (Fsp3) is 0.909. The van der Waals surface area contributed by atoms with E-state index in [0.717, 1.165) is 13.0 Å². The molecule has 0 aromatic carbocycles. The zero-order chi connectivity index (χ0) is 11.5. The van der Waals surface area contributed by atoms with E-state index in [1.54, 1.807) is 4.90 Å². The molecule has 88 valence electrons. The van der Waals surface area contributed by atoms with Gasteiger partial charge in [-0.25, -0.2) is 0 Å². The van der Waals surface area contributed by atoms with Crippen LogP contribution in [0.15, 0.2) is 0 Å². The van der Waals surface area contributed by atoms with Gasteiger partial charge in [-0.3, -0.25) is 4.79 Å². The van der Waals surface area contributed by atoms with Crippen LogP contribution in [0.25, 0.3) is 0 Å². The number of nitrogens with two attached hydrogens (primary N) is 1. The summed E-state index contributed by atoms with van der Waals surface area (Å²) in [5.41, 5.74) is 5.35. The highest BCUT2D eigenvalue weighted by molar-refractivity contribution is 5.86. The molecule has 0 spiro atoms. The number of aliphatic hydroxyl groups is 1. The Morgan fingerprint density at radius 3 is 2.53 bits per heavy atom. The number of carbonyl (C=O) groups excluding carboxylic acids is 1. The number of rotatable bonds is 4. The van der Waals surface area contributed by atoms with Crippen molar-refractivity contribution in [3.63, 3.8) is 0 Å². The maximum atomic E-state index is 12.1. The largest absolute Gasteiger partial charge is 0.396 e. The zero-order valence-corrected chi connectivity index (χ0v) is 9.70. The third-order valence-corrected chi connectivity index (χ3v) is 3.52. The molecule has 1 rings (SSSR count). The van der Waals surface area contributed by atoms with E-state index in [2.05, 4.69) is 0 Å². The highest BCUT2D eigenvalue weighted by Crippen LogP contribution is 2.21. The highest BCUT2D eigenvalue weighted by Gasteiger charge is 2.37. The Hall–Kier alpha value is -0.610. The average Bonchev–Trinajstić information content (AvgIpc) is 2.75. The molecule has 4 nitrogen and oxygen atoms in total. The Bertz CT molecular complexity index is 227. The van der Waals surface area contributed by atoms with Crippen molar-refractivity contribution in [2.24, 2.45) is 11.7 Å². The SMILES string of the molecule is CCC(N)(CC)C(=O)N1CCC(CO)C1. The number of amides is 1. The first-order chi connectivity index (χ1) is 7.07. The lowest BCUT2D eigenvalue weighted by Gasteiger charge is -2.30. The topological polar surface area (TPSA) is 66.6 Å². The summed E-state index contributed by atoms with van der Waals surface area (Å²) in [5.74, 6) is 0.287. The van der Waals surface area contributed by atoms with Crippen LogP contribution in [0.2, 0.25) is 0 Å². The zero-order valence-electron chi connectivity index (χ0n) is 9.70. The normalized spacial score (nSPS) is 22.1. The van der Waals surface area contributed by atoms with Crippen molar-refractivity contribution in [3.05, 3.63) is 0 Å².